The number of benzene rings is 2. The lowest BCUT2D eigenvalue weighted by atomic mass is 9.85. The van der Waals surface area contributed by atoms with E-state index >= 15 is 0 Å². The van der Waals surface area contributed by atoms with Gasteiger partial charge in [-0.1, -0.05) is 6.07 Å². The van der Waals surface area contributed by atoms with E-state index < -0.39 is 81.5 Å². The maximum absolute atomic E-state index is 13.8. The molecule has 1 aliphatic heterocycles. The van der Waals surface area contributed by atoms with Crippen LogP contribution in [0.5, 0.6) is 0 Å². The standard InChI is InChI=1S/C23H23F4NO6S2/c1-22(2,36(33,34)17-6-4-5-15(11-17)23(25,26)27)14-9-10-28(20(29)12-14)21(30)18-13-16(24)7-8-19(18)35(3,31)32/h4-8,11,13-14H,9-10,12H2,1-3H3. The van der Waals surface area contributed by atoms with E-state index in [2.05, 4.69) is 0 Å². The van der Waals surface area contributed by atoms with Gasteiger partial charge >= 0.3 is 6.18 Å². The molecule has 1 saturated heterocycles. The molecule has 2 aromatic rings. The fraction of sp³-hybridized carbons (Fsp3) is 0.391. The summed E-state index contributed by atoms with van der Waals surface area (Å²) in [5.74, 6) is -3.61. The maximum Gasteiger partial charge on any atom is 0.416 e. The van der Waals surface area contributed by atoms with E-state index in [1.807, 2.05) is 0 Å². The van der Waals surface area contributed by atoms with Crippen LogP contribution in [0.1, 0.15) is 42.6 Å². The van der Waals surface area contributed by atoms with Crippen LogP contribution in [0.2, 0.25) is 0 Å². The first-order valence-electron chi connectivity index (χ1n) is 10.6. The zero-order valence-electron chi connectivity index (χ0n) is 19.5. The summed E-state index contributed by atoms with van der Waals surface area (Å²) in [6.07, 6.45) is -4.39. The number of carbonyl (C=O) groups excluding carboxylic acids is 2. The molecule has 0 radical (unpaired) electrons. The normalized spacial score (nSPS) is 17.8. The van der Waals surface area contributed by atoms with Crippen molar-refractivity contribution < 1.29 is 44.0 Å². The van der Waals surface area contributed by atoms with Crippen LogP contribution in [0.3, 0.4) is 0 Å². The molecule has 0 bridgehead atoms. The third kappa shape index (κ3) is 5.17. The Morgan fingerprint density at radius 3 is 2.22 bits per heavy atom. The third-order valence-corrected chi connectivity index (χ3v) is 10.1. The van der Waals surface area contributed by atoms with Crippen LogP contribution < -0.4 is 0 Å². The Morgan fingerprint density at radius 2 is 1.67 bits per heavy atom. The highest BCUT2D eigenvalue weighted by Crippen LogP contribution is 2.40. The summed E-state index contributed by atoms with van der Waals surface area (Å²) in [5.41, 5.74) is -1.66. The molecule has 196 valence electrons. The second-order valence-corrected chi connectivity index (χ2v) is 13.6. The lowest BCUT2D eigenvalue weighted by Crippen LogP contribution is -2.50. The maximum atomic E-state index is 13.8. The Kier molecular flexibility index (Phi) is 7.14. The van der Waals surface area contributed by atoms with Crippen molar-refractivity contribution in [3.05, 3.63) is 59.4 Å². The van der Waals surface area contributed by atoms with Crippen LogP contribution in [0, 0.1) is 11.7 Å². The average Bonchev–Trinajstić information content (AvgIpc) is 2.77. The number of imide groups is 1. The van der Waals surface area contributed by atoms with Crippen LogP contribution in [0.4, 0.5) is 17.6 Å². The summed E-state index contributed by atoms with van der Waals surface area (Å²) >= 11 is 0. The van der Waals surface area contributed by atoms with Gasteiger partial charge in [0.25, 0.3) is 5.91 Å². The van der Waals surface area contributed by atoms with E-state index in [1.165, 1.54) is 13.8 Å². The summed E-state index contributed by atoms with van der Waals surface area (Å²) in [6, 6.07) is 5.80. The Bertz CT molecular complexity index is 1430. The minimum atomic E-state index is -4.75. The SMILES string of the molecule is CC(C)(C1CCN(C(=O)c2cc(F)ccc2S(C)(=O)=O)C(=O)C1)S(=O)(=O)c1cccc(C(F)(F)F)c1. The summed E-state index contributed by atoms with van der Waals surface area (Å²) in [7, 11) is -8.28. The van der Waals surface area contributed by atoms with Crippen LogP contribution in [-0.4, -0.2) is 51.1 Å². The van der Waals surface area contributed by atoms with E-state index in [4.69, 9.17) is 0 Å². The molecule has 2 aromatic carbocycles. The zero-order valence-corrected chi connectivity index (χ0v) is 21.1. The van der Waals surface area contributed by atoms with Crippen molar-refractivity contribution in [2.24, 2.45) is 5.92 Å². The monoisotopic (exact) mass is 549 g/mol. The molecule has 1 aliphatic rings. The molecule has 1 heterocycles. The second kappa shape index (κ2) is 9.25. The first-order chi connectivity index (χ1) is 16.4. The minimum absolute atomic E-state index is 0.0216. The van der Waals surface area contributed by atoms with Gasteiger partial charge in [0.2, 0.25) is 5.91 Å². The summed E-state index contributed by atoms with van der Waals surface area (Å²) < 4.78 is 102. The molecule has 1 fully saturated rings. The predicted octanol–water partition coefficient (Wildman–Crippen LogP) is 3.88. The molecule has 0 N–H and O–H groups in total. The fourth-order valence-electron chi connectivity index (χ4n) is 4.14. The highest BCUT2D eigenvalue weighted by molar-refractivity contribution is 7.92. The molecule has 2 amide bonds. The molecular formula is C23H23F4NO6S2. The van der Waals surface area contributed by atoms with Crippen molar-refractivity contribution >= 4 is 31.5 Å². The Balaban J connectivity index is 1.89. The summed E-state index contributed by atoms with van der Waals surface area (Å²) in [6.45, 7) is 2.31. The van der Waals surface area contributed by atoms with Gasteiger partial charge in [0.15, 0.2) is 19.7 Å². The Labute approximate surface area is 205 Å². The highest BCUT2D eigenvalue weighted by Gasteiger charge is 2.47. The molecular weight excluding hydrogens is 526 g/mol. The van der Waals surface area contributed by atoms with Gasteiger partial charge in [-0.05, 0) is 62.6 Å². The molecule has 7 nitrogen and oxygen atoms in total. The van der Waals surface area contributed by atoms with Crippen LogP contribution in [0.25, 0.3) is 0 Å². The molecule has 13 heteroatoms. The number of hydrogen-bond acceptors (Lipinski definition) is 6. The second-order valence-electron chi connectivity index (χ2n) is 9.09. The largest absolute Gasteiger partial charge is 0.416 e. The number of carbonyl (C=O) groups is 2. The topological polar surface area (TPSA) is 106 Å². The summed E-state index contributed by atoms with van der Waals surface area (Å²) in [5, 5.41) is 0. The zero-order chi connectivity index (χ0) is 27.3. The van der Waals surface area contributed by atoms with E-state index in [0.29, 0.717) is 12.1 Å². The minimum Gasteiger partial charge on any atom is -0.278 e. The number of likely N-dealkylation sites (tertiary alicyclic amines) is 1. The molecule has 0 aliphatic carbocycles. The smallest absolute Gasteiger partial charge is 0.278 e. The lowest BCUT2D eigenvalue weighted by Gasteiger charge is -2.39. The van der Waals surface area contributed by atoms with Gasteiger partial charge in [-0.3, -0.25) is 14.5 Å². The molecule has 36 heavy (non-hydrogen) atoms. The van der Waals surface area contributed by atoms with Crippen molar-refractivity contribution in [2.75, 3.05) is 12.8 Å². The van der Waals surface area contributed by atoms with Gasteiger partial charge in [-0.2, -0.15) is 13.2 Å². The average molecular weight is 550 g/mol. The number of alkyl halides is 3. The van der Waals surface area contributed by atoms with Gasteiger partial charge in [0.1, 0.15) is 5.82 Å². The first-order valence-corrected chi connectivity index (χ1v) is 14.0. The fourth-order valence-corrected chi connectivity index (χ4v) is 6.79. The Hall–Kier alpha value is -2.80. The lowest BCUT2D eigenvalue weighted by molar-refractivity contribution is -0.137. The van der Waals surface area contributed by atoms with Crippen molar-refractivity contribution in [3.63, 3.8) is 0 Å². The van der Waals surface area contributed by atoms with E-state index in [1.54, 1.807) is 0 Å². The van der Waals surface area contributed by atoms with Gasteiger partial charge < -0.3 is 0 Å². The van der Waals surface area contributed by atoms with Gasteiger partial charge in [0, 0.05) is 19.2 Å². The molecule has 0 aromatic heterocycles. The molecule has 3 rings (SSSR count). The number of halogens is 4. The van der Waals surface area contributed by atoms with Gasteiger partial charge in [0.05, 0.1) is 25.7 Å². The van der Waals surface area contributed by atoms with Crippen LogP contribution in [0.15, 0.2) is 52.3 Å². The number of rotatable bonds is 5. The van der Waals surface area contributed by atoms with Crippen LogP contribution in [-0.2, 0) is 30.6 Å². The highest BCUT2D eigenvalue weighted by atomic mass is 32.2. The number of sulfone groups is 2. The number of nitrogens with zero attached hydrogens (tertiary/aromatic N) is 1. The predicted molar refractivity (Wildman–Crippen MR) is 121 cm³/mol. The van der Waals surface area contributed by atoms with E-state index in [-0.39, 0.29) is 13.0 Å². The third-order valence-electron chi connectivity index (χ3n) is 6.39. The van der Waals surface area contributed by atoms with Crippen molar-refractivity contribution in [1.29, 1.82) is 0 Å². The number of hydrogen-bond donors (Lipinski definition) is 0. The van der Waals surface area contributed by atoms with Crippen molar-refractivity contribution in [1.82, 2.24) is 4.90 Å². The van der Waals surface area contributed by atoms with Crippen LogP contribution >= 0.6 is 0 Å². The summed E-state index contributed by atoms with van der Waals surface area (Å²) in [4.78, 5) is 25.6. The molecule has 0 saturated carbocycles. The molecule has 1 unspecified atom stereocenters. The number of piperidine rings is 1. The van der Waals surface area contributed by atoms with E-state index in [0.717, 1.165) is 41.5 Å². The molecule has 1 atom stereocenters. The quantitative estimate of drug-likeness (QED) is 0.319. The van der Waals surface area contributed by atoms with E-state index in [9.17, 15) is 44.0 Å². The van der Waals surface area contributed by atoms with Gasteiger partial charge in [-0.15, -0.1) is 0 Å². The number of amides is 2. The van der Waals surface area contributed by atoms with Crippen molar-refractivity contribution in [3.8, 4) is 0 Å². The molecule has 0 spiro atoms. The first kappa shape index (κ1) is 27.8. The Morgan fingerprint density at radius 1 is 1.03 bits per heavy atom. The van der Waals surface area contributed by atoms with Gasteiger partial charge in [-0.25, -0.2) is 21.2 Å². The van der Waals surface area contributed by atoms with Crippen molar-refractivity contribution in [2.45, 2.75) is 47.4 Å².